The number of anilines is 1. The summed E-state index contributed by atoms with van der Waals surface area (Å²) in [5.41, 5.74) is 11.2. The molecule has 0 unspecified atom stereocenters. The predicted molar refractivity (Wildman–Crippen MR) is 116 cm³/mol. The summed E-state index contributed by atoms with van der Waals surface area (Å²) in [5, 5.41) is 0. The van der Waals surface area contributed by atoms with Gasteiger partial charge in [0.25, 0.3) is 0 Å². The minimum Gasteiger partial charge on any atom is -0.357 e. The standard InChI is InChI=1S/C23H24N6/c1-16-2-5-19(6-3-16)29-21-15-25-11-8-20(21)27-23(29)17-4-7-22(26-14-17)28-12-9-18(24)10-13-28/h2-8,11,14-15,18H,9-10,12-13,24H2,1H3. The van der Waals surface area contributed by atoms with Gasteiger partial charge >= 0.3 is 0 Å². The molecule has 0 bridgehead atoms. The maximum absolute atomic E-state index is 6.03. The van der Waals surface area contributed by atoms with Crippen molar-refractivity contribution in [2.24, 2.45) is 5.73 Å². The summed E-state index contributed by atoms with van der Waals surface area (Å²) in [7, 11) is 0. The second-order valence-electron chi connectivity index (χ2n) is 7.70. The minimum absolute atomic E-state index is 0.313. The van der Waals surface area contributed by atoms with Crippen molar-refractivity contribution < 1.29 is 0 Å². The molecule has 0 amide bonds. The average molecular weight is 384 g/mol. The average Bonchev–Trinajstić information content (AvgIpc) is 3.15. The molecule has 0 aliphatic carbocycles. The van der Waals surface area contributed by atoms with E-state index in [0.29, 0.717) is 6.04 Å². The van der Waals surface area contributed by atoms with Gasteiger partial charge < -0.3 is 10.6 Å². The SMILES string of the molecule is Cc1ccc(-n2c(-c3ccc(N4CCC(N)CC4)nc3)nc3ccncc32)cc1. The van der Waals surface area contributed by atoms with Crippen molar-refractivity contribution in [2.45, 2.75) is 25.8 Å². The van der Waals surface area contributed by atoms with E-state index in [1.165, 1.54) is 5.56 Å². The van der Waals surface area contributed by atoms with Crippen LogP contribution in [0.5, 0.6) is 0 Å². The van der Waals surface area contributed by atoms with Crippen LogP contribution in [0.2, 0.25) is 0 Å². The van der Waals surface area contributed by atoms with Crippen LogP contribution in [-0.4, -0.2) is 38.7 Å². The lowest BCUT2D eigenvalue weighted by Crippen LogP contribution is -2.40. The molecule has 1 saturated heterocycles. The van der Waals surface area contributed by atoms with Gasteiger partial charge in [-0.05, 0) is 50.1 Å². The molecule has 4 heterocycles. The Labute approximate surface area is 170 Å². The van der Waals surface area contributed by atoms with Gasteiger partial charge in [0.2, 0.25) is 0 Å². The van der Waals surface area contributed by atoms with Crippen molar-refractivity contribution in [3.8, 4) is 17.1 Å². The molecular formula is C23H24N6. The Morgan fingerprint density at radius 3 is 2.48 bits per heavy atom. The molecule has 6 nitrogen and oxygen atoms in total. The van der Waals surface area contributed by atoms with Crippen molar-refractivity contribution in [3.05, 3.63) is 66.6 Å². The molecule has 0 atom stereocenters. The molecule has 6 heteroatoms. The fourth-order valence-electron chi connectivity index (χ4n) is 3.91. The van der Waals surface area contributed by atoms with Crippen LogP contribution in [0.3, 0.4) is 0 Å². The van der Waals surface area contributed by atoms with Gasteiger partial charge in [-0.1, -0.05) is 17.7 Å². The van der Waals surface area contributed by atoms with Crippen LogP contribution >= 0.6 is 0 Å². The molecule has 0 saturated carbocycles. The fourth-order valence-corrected chi connectivity index (χ4v) is 3.91. The molecular weight excluding hydrogens is 360 g/mol. The lowest BCUT2D eigenvalue weighted by atomic mass is 10.1. The fraction of sp³-hybridized carbons (Fsp3) is 0.261. The molecule has 1 aliphatic heterocycles. The molecule has 4 aromatic rings. The number of hydrogen-bond donors (Lipinski definition) is 1. The van der Waals surface area contributed by atoms with E-state index in [9.17, 15) is 0 Å². The Kier molecular flexibility index (Phi) is 4.48. The molecule has 1 aliphatic rings. The van der Waals surface area contributed by atoms with Crippen LogP contribution in [0.1, 0.15) is 18.4 Å². The summed E-state index contributed by atoms with van der Waals surface area (Å²) in [6.45, 7) is 4.01. The van der Waals surface area contributed by atoms with E-state index in [1.807, 2.05) is 18.5 Å². The number of piperidine rings is 1. The van der Waals surface area contributed by atoms with Gasteiger partial charge in [-0.2, -0.15) is 0 Å². The largest absolute Gasteiger partial charge is 0.357 e. The van der Waals surface area contributed by atoms with Gasteiger partial charge in [0, 0.05) is 42.8 Å². The summed E-state index contributed by atoms with van der Waals surface area (Å²) < 4.78 is 2.15. The molecule has 3 aromatic heterocycles. The molecule has 29 heavy (non-hydrogen) atoms. The van der Waals surface area contributed by atoms with Crippen molar-refractivity contribution in [1.29, 1.82) is 0 Å². The van der Waals surface area contributed by atoms with E-state index < -0.39 is 0 Å². The first-order valence-corrected chi connectivity index (χ1v) is 10.1. The number of nitrogens with zero attached hydrogens (tertiary/aromatic N) is 5. The Bertz CT molecular complexity index is 1120. The molecule has 1 fully saturated rings. The van der Waals surface area contributed by atoms with Crippen LogP contribution < -0.4 is 10.6 Å². The number of pyridine rings is 2. The topological polar surface area (TPSA) is 72.9 Å². The van der Waals surface area contributed by atoms with Crippen LogP contribution in [0, 0.1) is 6.92 Å². The highest BCUT2D eigenvalue weighted by molar-refractivity contribution is 5.82. The zero-order chi connectivity index (χ0) is 19.8. The first kappa shape index (κ1) is 17.8. The van der Waals surface area contributed by atoms with Gasteiger partial charge in [-0.25, -0.2) is 9.97 Å². The third-order valence-electron chi connectivity index (χ3n) is 5.62. The highest BCUT2D eigenvalue weighted by Gasteiger charge is 2.18. The molecule has 146 valence electrons. The number of hydrogen-bond acceptors (Lipinski definition) is 5. The summed E-state index contributed by atoms with van der Waals surface area (Å²) in [6.07, 6.45) is 7.59. The van der Waals surface area contributed by atoms with Crippen molar-refractivity contribution in [2.75, 3.05) is 18.0 Å². The minimum atomic E-state index is 0.313. The number of nitrogens with two attached hydrogens (primary N) is 1. The first-order chi connectivity index (χ1) is 14.2. The Balaban J connectivity index is 1.56. The number of fused-ring (bicyclic) bond motifs is 1. The summed E-state index contributed by atoms with van der Waals surface area (Å²) in [4.78, 5) is 16.2. The number of imidazole rings is 1. The summed E-state index contributed by atoms with van der Waals surface area (Å²) in [5.74, 6) is 1.87. The van der Waals surface area contributed by atoms with E-state index in [0.717, 1.165) is 59.9 Å². The number of benzene rings is 1. The predicted octanol–water partition coefficient (Wildman–Crippen LogP) is 3.72. The summed E-state index contributed by atoms with van der Waals surface area (Å²) >= 11 is 0. The lowest BCUT2D eigenvalue weighted by Gasteiger charge is -2.31. The Hall–Kier alpha value is -3.25. The van der Waals surface area contributed by atoms with Crippen LogP contribution in [0.15, 0.2) is 61.1 Å². The van der Waals surface area contributed by atoms with E-state index in [4.69, 9.17) is 15.7 Å². The highest BCUT2D eigenvalue weighted by atomic mass is 15.2. The smallest absolute Gasteiger partial charge is 0.147 e. The molecule has 5 rings (SSSR count). The van der Waals surface area contributed by atoms with Crippen LogP contribution in [0.25, 0.3) is 28.1 Å². The van der Waals surface area contributed by atoms with Crippen molar-refractivity contribution in [3.63, 3.8) is 0 Å². The molecule has 0 spiro atoms. The van der Waals surface area contributed by atoms with Gasteiger partial charge in [0.1, 0.15) is 11.6 Å². The number of aryl methyl sites for hydroxylation is 1. The van der Waals surface area contributed by atoms with Gasteiger partial charge in [-0.3, -0.25) is 9.55 Å². The quantitative estimate of drug-likeness (QED) is 0.583. The van der Waals surface area contributed by atoms with E-state index in [2.05, 4.69) is 57.8 Å². The number of aromatic nitrogens is 4. The molecule has 1 aromatic carbocycles. The maximum atomic E-state index is 6.03. The van der Waals surface area contributed by atoms with E-state index in [1.54, 1.807) is 6.20 Å². The van der Waals surface area contributed by atoms with Gasteiger partial charge in [0.05, 0.1) is 17.2 Å². The summed E-state index contributed by atoms with van der Waals surface area (Å²) in [6, 6.07) is 14.9. The maximum Gasteiger partial charge on any atom is 0.147 e. The third kappa shape index (κ3) is 3.36. The highest BCUT2D eigenvalue weighted by Crippen LogP contribution is 2.29. The van der Waals surface area contributed by atoms with E-state index in [-0.39, 0.29) is 0 Å². The molecule has 2 N–H and O–H groups in total. The van der Waals surface area contributed by atoms with E-state index >= 15 is 0 Å². The van der Waals surface area contributed by atoms with Crippen molar-refractivity contribution in [1.82, 2.24) is 19.5 Å². The van der Waals surface area contributed by atoms with Gasteiger partial charge in [0.15, 0.2) is 0 Å². The lowest BCUT2D eigenvalue weighted by molar-refractivity contribution is 0.498. The Morgan fingerprint density at radius 1 is 0.966 bits per heavy atom. The van der Waals surface area contributed by atoms with Crippen LogP contribution in [-0.2, 0) is 0 Å². The second-order valence-corrected chi connectivity index (χ2v) is 7.70. The van der Waals surface area contributed by atoms with Crippen molar-refractivity contribution >= 4 is 16.9 Å². The van der Waals surface area contributed by atoms with Gasteiger partial charge in [-0.15, -0.1) is 0 Å². The monoisotopic (exact) mass is 384 g/mol. The third-order valence-corrected chi connectivity index (χ3v) is 5.62. The van der Waals surface area contributed by atoms with Crippen LogP contribution in [0.4, 0.5) is 5.82 Å². The normalized spacial score (nSPS) is 15.2. The second kappa shape index (κ2) is 7.29. The Morgan fingerprint density at radius 2 is 1.76 bits per heavy atom. The first-order valence-electron chi connectivity index (χ1n) is 10.1. The molecule has 0 radical (unpaired) electrons. The zero-order valence-electron chi connectivity index (χ0n) is 16.5. The zero-order valence-corrected chi connectivity index (χ0v) is 16.5. The number of rotatable bonds is 3.